The van der Waals surface area contributed by atoms with Gasteiger partial charge in [0.15, 0.2) is 0 Å². The summed E-state index contributed by atoms with van der Waals surface area (Å²) in [6, 6.07) is 0. The van der Waals surface area contributed by atoms with E-state index in [0.717, 1.165) is 19.3 Å². The first-order chi connectivity index (χ1) is 9.05. The van der Waals surface area contributed by atoms with Gasteiger partial charge in [0.1, 0.15) is 0 Å². The Bertz CT molecular complexity index is 394. The van der Waals surface area contributed by atoms with E-state index in [1.165, 1.54) is 12.8 Å². The van der Waals surface area contributed by atoms with Crippen LogP contribution in [0.1, 0.15) is 44.9 Å². The number of carbonyl (C=O) groups is 2. The summed E-state index contributed by atoms with van der Waals surface area (Å²) in [6.07, 6.45) is 6.33. The molecule has 2 aliphatic carbocycles. The third-order valence-electron chi connectivity index (χ3n) is 5.09. The number of ether oxygens (including phenoxy) is 1. The highest BCUT2D eigenvalue weighted by Crippen LogP contribution is 2.62. The van der Waals surface area contributed by atoms with Crippen molar-refractivity contribution in [1.82, 2.24) is 5.32 Å². The lowest BCUT2D eigenvalue weighted by molar-refractivity contribution is -0.139. The molecule has 2 unspecified atom stereocenters. The third kappa shape index (κ3) is 2.36. The van der Waals surface area contributed by atoms with Gasteiger partial charge in [0.05, 0.1) is 18.6 Å². The summed E-state index contributed by atoms with van der Waals surface area (Å²) in [5.74, 6) is -0.716. The van der Waals surface area contributed by atoms with Gasteiger partial charge in [-0.2, -0.15) is 0 Å². The van der Waals surface area contributed by atoms with E-state index in [1.54, 1.807) is 0 Å². The standard InChI is InChI=1S/C14H21NO4/c16-11(17)8-14(5-6-19-9-14)15-12(18)10-7-13(10)3-1-2-4-13/h10H,1-9H2,(H,15,18)(H,16,17). The second-order valence-electron chi connectivity index (χ2n) is 6.47. The number of hydrogen-bond donors (Lipinski definition) is 2. The maximum absolute atomic E-state index is 12.3. The average molecular weight is 267 g/mol. The van der Waals surface area contributed by atoms with E-state index in [4.69, 9.17) is 9.84 Å². The molecule has 1 spiro atoms. The molecule has 0 aromatic heterocycles. The molecule has 2 N–H and O–H groups in total. The van der Waals surface area contributed by atoms with Crippen LogP contribution in [0.25, 0.3) is 0 Å². The first-order valence-electron chi connectivity index (χ1n) is 7.17. The average Bonchev–Trinajstić information content (AvgIpc) is 2.68. The normalized spacial score (nSPS) is 35.5. The van der Waals surface area contributed by atoms with E-state index in [9.17, 15) is 9.59 Å². The molecule has 1 heterocycles. The van der Waals surface area contributed by atoms with Gasteiger partial charge in [-0.15, -0.1) is 0 Å². The molecule has 3 rings (SSSR count). The molecule has 2 saturated carbocycles. The smallest absolute Gasteiger partial charge is 0.305 e. The summed E-state index contributed by atoms with van der Waals surface area (Å²) < 4.78 is 5.30. The summed E-state index contributed by atoms with van der Waals surface area (Å²) in [6.45, 7) is 0.855. The van der Waals surface area contributed by atoms with Gasteiger partial charge in [0, 0.05) is 12.5 Å². The van der Waals surface area contributed by atoms with Crippen LogP contribution in [0.15, 0.2) is 0 Å². The summed E-state index contributed by atoms with van der Waals surface area (Å²) in [4.78, 5) is 23.3. The lowest BCUT2D eigenvalue weighted by Gasteiger charge is -2.27. The van der Waals surface area contributed by atoms with Gasteiger partial charge >= 0.3 is 5.97 Å². The molecule has 0 bridgehead atoms. The van der Waals surface area contributed by atoms with Crippen LogP contribution in [0.5, 0.6) is 0 Å². The van der Waals surface area contributed by atoms with Crippen molar-refractivity contribution in [2.45, 2.75) is 50.5 Å². The molecule has 1 amide bonds. The molecule has 106 valence electrons. The summed E-state index contributed by atoms with van der Waals surface area (Å²) >= 11 is 0. The Morgan fingerprint density at radius 2 is 2.00 bits per heavy atom. The molecule has 1 aliphatic heterocycles. The number of rotatable bonds is 4. The van der Waals surface area contributed by atoms with E-state index in [-0.39, 0.29) is 23.7 Å². The second kappa shape index (κ2) is 4.47. The second-order valence-corrected chi connectivity index (χ2v) is 6.47. The number of carbonyl (C=O) groups excluding carboxylic acids is 1. The van der Waals surface area contributed by atoms with Crippen LogP contribution in [-0.2, 0) is 14.3 Å². The highest BCUT2D eigenvalue weighted by Gasteiger charge is 2.59. The molecule has 1 saturated heterocycles. The van der Waals surface area contributed by atoms with E-state index >= 15 is 0 Å². The van der Waals surface area contributed by atoms with Gasteiger partial charge in [-0.25, -0.2) is 0 Å². The fourth-order valence-electron chi connectivity index (χ4n) is 3.88. The van der Waals surface area contributed by atoms with Crippen LogP contribution in [-0.4, -0.2) is 35.7 Å². The molecule has 3 fully saturated rings. The predicted octanol–water partition coefficient (Wildman–Crippen LogP) is 1.32. The minimum atomic E-state index is -0.878. The molecule has 0 aromatic carbocycles. The predicted molar refractivity (Wildman–Crippen MR) is 67.6 cm³/mol. The van der Waals surface area contributed by atoms with Crippen LogP contribution in [0.3, 0.4) is 0 Å². The number of amides is 1. The zero-order valence-corrected chi connectivity index (χ0v) is 11.1. The molecule has 5 heteroatoms. The topological polar surface area (TPSA) is 75.6 Å². The first kappa shape index (κ1) is 12.9. The van der Waals surface area contributed by atoms with Crippen LogP contribution in [0.4, 0.5) is 0 Å². The van der Waals surface area contributed by atoms with Gasteiger partial charge < -0.3 is 15.2 Å². The van der Waals surface area contributed by atoms with Crippen molar-refractivity contribution in [2.75, 3.05) is 13.2 Å². The molecule has 3 aliphatic rings. The zero-order valence-electron chi connectivity index (χ0n) is 11.1. The van der Waals surface area contributed by atoms with E-state index in [2.05, 4.69) is 5.32 Å². The van der Waals surface area contributed by atoms with Crippen molar-refractivity contribution in [3.63, 3.8) is 0 Å². The van der Waals surface area contributed by atoms with E-state index < -0.39 is 11.5 Å². The SMILES string of the molecule is O=C(O)CC1(NC(=O)C2CC23CCCC3)CCOC1. The fourth-order valence-corrected chi connectivity index (χ4v) is 3.88. The Hall–Kier alpha value is -1.10. The summed E-state index contributed by atoms with van der Waals surface area (Å²) in [5, 5.41) is 12.0. The van der Waals surface area contributed by atoms with Crippen LogP contribution < -0.4 is 5.32 Å². The van der Waals surface area contributed by atoms with Crippen molar-refractivity contribution in [2.24, 2.45) is 11.3 Å². The maximum Gasteiger partial charge on any atom is 0.305 e. The van der Waals surface area contributed by atoms with E-state index in [1.807, 2.05) is 0 Å². The Morgan fingerprint density at radius 1 is 1.26 bits per heavy atom. The fraction of sp³-hybridized carbons (Fsp3) is 0.857. The van der Waals surface area contributed by atoms with Gasteiger partial charge in [0.25, 0.3) is 0 Å². The molecule has 19 heavy (non-hydrogen) atoms. The Balaban J connectivity index is 1.63. The quantitative estimate of drug-likeness (QED) is 0.805. The lowest BCUT2D eigenvalue weighted by atomic mass is 9.93. The molecular weight excluding hydrogens is 246 g/mol. The minimum absolute atomic E-state index is 0.0432. The number of carboxylic acids is 1. The van der Waals surface area contributed by atoms with Gasteiger partial charge in [-0.05, 0) is 31.1 Å². The van der Waals surface area contributed by atoms with Crippen molar-refractivity contribution in [3.05, 3.63) is 0 Å². The van der Waals surface area contributed by atoms with Gasteiger partial charge in [-0.1, -0.05) is 12.8 Å². The Kier molecular flexibility index (Phi) is 3.04. The zero-order chi connectivity index (χ0) is 13.5. The Labute approximate surface area is 112 Å². The summed E-state index contributed by atoms with van der Waals surface area (Å²) in [5.41, 5.74) is -0.417. The number of aliphatic carboxylic acids is 1. The van der Waals surface area contributed by atoms with Gasteiger partial charge in [0.2, 0.25) is 5.91 Å². The molecule has 5 nitrogen and oxygen atoms in total. The lowest BCUT2D eigenvalue weighted by Crippen LogP contribution is -2.51. The highest BCUT2D eigenvalue weighted by molar-refractivity contribution is 5.84. The Morgan fingerprint density at radius 3 is 2.58 bits per heavy atom. The molecule has 0 radical (unpaired) electrons. The van der Waals surface area contributed by atoms with Crippen molar-refractivity contribution < 1.29 is 19.4 Å². The van der Waals surface area contributed by atoms with Crippen LogP contribution in [0.2, 0.25) is 0 Å². The highest BCUT2D eigenvalue weighted by atomic mass is 16.5. The number of hydrogen-bond acceptors (Lipinski definition) is 3. The maximum atomic E-state index is 12.3. The summed E-state index contributed by atoms with van der Waals surface area (Å²) in [7, 11) is 0. The molecular formula is C14H21NO4. The number of nitrogens with one attached hydrogen (secondary N) is 1. The first-order valence-corrected chi connectivity index (χ1v) is 7.17. The molecule has 2 atom stereocenters. The number of carboxylic acid groups (broad SMARTS) is 1. The third-order valence-corrected chi connectivity index (χ3v) is 5.09. The largest absolute Gasteiger partial charge is 0.481 e. The minimum Gasteiger partial charge on any atom is -0.481 e. The monoisotopic (exact) mass is 267 g/mol. The van der Waals surface area contributed by atoms with E-state index in [0.29, 0.717) is 19.6 Å². The van der Waals surface area contributed by atoms with Gasteiger partial charge in [-0.3, -0.25) is 9.59 Å². The van der Waals surface area contributed by atoms with Crippen LogP contribution in [0, 0.1) is 11.3 Å². The van der Waals surface area contributed by atoms with Crippen molar-refractivity contribution in [1.29, 1.82) is 0 Å². The van der Waals surface area contributed by atoms with Crippen molar-refractivity contribution in [3.8, 4) is 0 Å². The molecule has 0 aromatic rings. The van der Waals surface area contributed by atoms with Crippen molar-refractivity contribution >= 4 is 11.9 Å². The van der Waals surface area contributed by atoms with Crippen LogP contribution >= 0.6 is 0 Å².